The predicted octanol–water partition coefficient (Wildman–Crippen LogP) is 5.13. The quantitative estimate of drug-likeness (QED) is 0.647. The number of hydrogen-bond donors (Lipinski definition) is 1. The van der Waals surface area contributed by atoms with E-state index in [0.717, 1.165) is 5.56 Å². The predicted molar refractivity (Wildman–Crippen MR) is 115 cm³/mol. The molecule has 0 saturated carbocycles. The highest BCUT2D eigenvalue weighted by Gasteiger charge is 2.27. The van der Waals surface area contributed by atoms with Gasteiger partial charge < -0.3 is 10.2 Å². The molecule has 2 amide bonds. The van der Waals surface area contributed by atoms with Crippen LogP contribution in [0.3, 0.4) is 0 Å². The minimum Gasteiger partial charge on any atom is -0.352 e. The van der Waals surface area contributed by atoms with Crippen LogP contribution in [0, 0.1) is 0 Å². The van der Waals surface area contributed by atoms with Gasteiger partial charge in [-0.25, -0.2) is 0 Å². The average Bonchev–Trinajstić information content (AvgIpc) is 2.63. The summed E-state index contributed by atoms with van der Waals surface area (Å²) in [6, 6.07) is 11.6. The fourth-order valence-corrected chi connectivity index (χ4v) is 3.39. The summed E-state index contributed by atoms with van der Waals surface area (Å²) in [6.45, 7) is 5.73. The van der Waals surface area contributed by atoms with Crippen molar-refractivity contribution in [3.8, 4) is 0 Å². The Balaban J connectivity index is 2.29. The summed E-state index contributed by atoms with van der Waals surface area (Å²) in [5.74, 6) is -0.459. The van der Waals surface area contributed by atoms with Crippen LogP contribution in [0.1, 0.15) is 31.9 Å². The first-order valence-corrected chi connectivity index (χ1v) is 10.1. The number of amides is 2. The molecule has 0 fully saturated rings. The Kier molecular flexibility index (Phi) is 8.17. The van der Waals surface area contributed by atoms with Crippen molar-refractivity contribution in [2.75, 3.05) is 0 Å². The number of carbonyl (C=O) groups excluding carboxylic acids is 2. The Morgan fingerprint density at radius 1 is 0.964 bits per heavy atom. The van der Waals surface area contributed by atoms with Crippen LogP contribution in [0.5, 0.6) is 0 Å². The smallest absolute Gasteiger partial charge is 0.242 e. The van der Waals surface area contributed by atoms with E-state index in [-0.39, 0.29) is 30.8 Å². The molecule has 4 nitrogen and oxygen atoms in total. The van der Waals surface area contributed by atoms with Gasteiger partial charge in [0, 0.05) is 27.7 Å². The molecule has 0 aromatic heterocycles. The lowest BCUT2D eigenvalue weighted by atomic mass is 10.1. The SMILES string of the molecule is CC(C)NC(=O)[C@@H](C)N(Cc1ccc(Cl)cc1)C(=O)Cc1c(Cl)cccc1Cl. The number of benzene rings is 2. The molecular weight excluding hydrogens is 419 g/mol. The molecule has 2 aromatic rings. The molecule has 7 heteroatoms. The van der Waals surface area contributed by atoms with Crippen LogP contribution < -0.4 is 5.32 Å². The van der Waals surface area contributed by atoms with E-state index in [0.29, 0.717) is 20.6 Å². The topological polar surface area (TPSA) is 49.4 Å². The van der Waals surface area contributed by atoms with Crippen LogP contribution in [0.25, 0.3) is 0 Å². The van der Waals surface area contributed by atoms with Crippen LogP contribution >= 0.6 is 34.8 Å². The van der Waals surface area contributed by atoms with Crippen molar-refractivity contribution in [3.05, 3.63) is 68.7 Å². The van der Waals surface area contributed by atoms with Crippen molar-refractivity contribution in [1.82, 2.24) is 10.2 Å². The highest BCUT2D eigenvalue weighted by Crippen LogP contribution is 2.26. The zero-order valence-corrected chi connectivity index (χ0v) is 18.3. The molecule has 0 radical (unpaired) electrons. The summed E-state index contributed by atoms with van der Waals surface area (Å²) in [7, 11) is 0. The molecule has 0 aliphatic carbocycles. The van der Waals surface area contributed by atoms with E-state index >= 15 is 0 Å². The Hall–Kier alpha value is -1.75. The normalized spacial score (nSPS) is 12.0. The number of nitrogens with one attached hydrogen (secondary N) is 1. The summed E-state index contributed by atoms with van der Waals surface area (Å²) >= 11 is 18.4. The van der Waals surface area contributed by atoms with E-state index in [4.69, 9.17) is 34.8 Å². The van der Waals surface area contributed by atoms with E-state index in [1.807, 2.05) is 26.0 Å². The molecule has 1 atom stereocenters. The lowest BCUT2D eigenvalue weighted by Gasteiger charge is -2.29. The van der Waals surface area contributed by atoms with Crippen molar-refractivity contribution in [2.24, 2.45) is 0 Å². The Labute approximate surface area is 180 Å². The number of hydrogen-bond acceptors (Lipinski definition) is 2. The Bertz CT molecular complexity index is 818. The minimum absolute atomic E-state index is 0.00535. The largest absolute Gasteiger partial charge is 0.352 e. The van der Waals surface area contributed by atoms with Gasteiger partial charge >= 0.3 is 0 Å². The molecule has 150 valence electrons. The van der Waals surface area contributed by atoms with Gasteiger partial charge in [0.1, 0.15) is 6.04 Å². The monoisotopic (exact) mass is 440 g/mol. The lowest BCUT2D eigenvalue weighted by Crippen LogP contribution is -2.49. The van der Waals surface area contributed by atoms with Gasteiger partial charge in [0.05, 0.1) is 6.42 Å². The Morgan fingerprint density at radius 2 is 1.54 bits per heavy atom. The lowest BCUT2D eigenvalue weighted by molar-refractivity contribution is -0.140. The van der Waals surface area contributed by atoms with Crippen molar-refractivity contribution in [3.63, 3.8) is 0 Å². The van der Waals surface area contributed by atoms with E-state index in [2.05, 4.69) is 5.32 Å². The van der Waals surface area contributed by atoms with Gasteiger partial charge in [0.25, 0.3) is 0 Å². The maximum absolute atomic E-state index is 13.1. The number of nitrogens with zero attached hydrogens (tertiary/aromatic N) is 1. The summed E-state index contributed by atoms with van der Waals surface area (Å²) in [5, 5.41) is 4.31. The van der Waals surface area contributed by atoms with Gasteiger partial charge in [0.15, 0.2) is 0 Å². The molecule has 0 saturated heterocycles. The third-order valence-corrected chi connectivity index (χ3v) is 5.21. The van der Waals surface area contributed by atoms with Gasteiger partial charge in [-0.2, -0.15) is 0 Å². The van der Waals surface area contributed by atoms with E-state index in [9.17, 15) is 9.59 Å². The molecule has 28 heavy (non-hydrogen) atoms. The van der Waals surface area contributed by atoms with E-state index in [1.165, 1.54) is 4.90 Å². The summed E-state index contributed by atoms with van der Waals surface area (Å²) < 4.78 is 0. The van der Waals surface area contributed by atoms with Gasteiger partial charge in [-0.05, 0) is 56.2 Å². The Morgan fingerprint density at radius 3 is 2.07 bits per heavy atom. The molecule has 2 aromatic carbocycles. The summed E-state index contributed by atoms with van der Waals surface area (Å²) in [5.41, 5.74) is 1.42. The van der Waals surface area contributed by atoms with Crippen molar-refractivity contribution < 1.29 is 9.59 Å². The first-order valence-electron chi connectivity index (χ1n) is 8.96. The molecule has 0 aliphatic rings. The molecule has 0 bridgehead atoms. The second-order valence-electron chi connectivity index (χ2n) is 6.86. The second kappa shape index (κ2) is 10.1. The first-order chi connectivity index (χ1) is 13.2. The van der Waals surface area contributed by atoms with Crippen molar-refractivity contribution in [1.29, 1.82) is 0 Å². The molecule has 0 heterocycles. The standard InChI is InChI=1S/C21H23Cl3N2O2/c1-13(2)25-21(28)14(3)26(12-15-7-9-16(22)10-8-15)20(27)11-17-18(23)5-4-6-19(17)24/h4-10,13-14H,11-12H2,1-3H3,(H,25,28)/t14-/m1/s1. The van der Waals surface area contributed by atoms with Gasteiger partial charge in [-0.15, -0.1) is 0 Å². The average molecular weight is 442 g/mol. The first kappa shape index (κ1) is 22.5. The van der Waals surface area contributed by atoms with Crippen molar-refractivity contribution >= 4 is 46.6 Å². The molecule has 2 rings (SSSR count). The third-order valence-electron chi connectivity index (χ3n) is 4.25. The van der Waals surface area contributed by atoms with Gasteiger partial charge in [-0.3, -0.25) is 9.59 Å². The summed E-state index contributed by atoms with van der Waals surface area (Å²) in [4.78, 5) is 27.2. The second-order valence-corrected chi connectivity index (χ2v) is 8.12. The van der Waals surface area contributed by atoms with Crippen LogP contribution in [-0.2, 0) is 22.6 Å². The minimum atomic E-state index is -0.660. The van der Waals surface area contributed by atoms with Crippen molar-refractivity contribution in [2.45, 2.75) is 45.8 Å². The van der Waals surface area contributed by atoms with E-state index in [1.54, 1.807) is 37.3 Å². The highest BCUT2D eigenvalue weighted by atomic mass is 35.5. The molecule has 0 unspecified atom stereocenters. The fraction of sp³-hybridized carbons (Fsp3) is 0.333. The van der Waals surface area contributed by atoms with Gasteiger partial charge in [0.2, 0.25) is 11.8 Å². The number of halogens is 3. The molecule has 0 aliphatic heterocycles. The molecule has 1 N–H and O–H groups in total. The van der Waals surface area contributed by atoms with Gasteiger partial charge in [-0.1, -0.05) is 53.0 Å². The third kappa shape index (κ3) is 6.13. The zero-order valence-electron chi connectivity index (χ0n) is 16.0. The van der Waals surface area contributed by atoms with Crippen LogP contribution in [0.15, 0.2) is 42.5 Å². The zero-order chi connectivity index (χ0) is 20.8. The maximum Gasteiger partial charge on any atom is 0.242 e. The van der Waals surface area contributed by atoms with Crippen LogP contribution in [0.4, 0.5) is 0 Å². The highest BCUT2D eigenvalue weighted by molar-refractivity contribution is 6.36. The van der Waals surface area contributed by atoms with Crippen LogP contribution in [0.2, 0.25) is 15.1 Å². The molecular formula is C21H23Cl3N2O2. The number of carbonyl (C=O) groups is 2. The van der Waals surface area contributed by atoms with E-state index < -0.39 is 6.04 Å². The van der Waals surface area contributed by atoms with Crippen LogP contribution in [-0.4, -0.2) is 28.8 Å². The fourth-order valence-electron chi connectivity index (χ4n) is 2.73. The molecule has 0 spiro atoms. The summed E-state index contributed by atoms with van der Waals surface area (Å²) in [6.07, 6.45) is 0.00535. The number of rotatable bonds is 7. The maximum atomic E-state index is 13.1.